The Labute approximate surface area is 97.7 Å². The lowest BCUT2D eigenvalue weighted by Gasteiger charge is -2.21. The molecule has 3 nitrogen and oxygen atoms in total. The number of ether oxygens (including phenoxy) is 1. The van der Waals surface area contributed by atoms with Crippen molar-refractivity contribution in [2.45, 2.75) is 18.8 Å². The zero-order valence-corrected chi connectivity index (χ0v) is 9.75. The van der Waals surface area contributed by atoms with E-state index < -0.39 is 5.97 Å². The van der Waals surface area contributed by atoms with Crippen LogP contribution in [0.15, 0.2) is 28.5 Å². The average molecular weight is 236 g/mol. The molecule has 0 saturated carbocycles. The Hall–Kier alpha value is -1.42. The van der Waals surface area contributed by atoms with E-state index in [1.165, 1.54) is 13.2 Å². The molecule has 0 amide bonds. The minimum Gasteiger partial charge on any atom is -0.466 e. The lowest BCUT2D eigenvalue weighted by atomic mass is 9.83. The van der Waals surface area contributed by atoms with Gasteiger partial charge in [0, 0.05) is 17.9 Å². The molecule has 1 atom stereocenters. The van der Waals surface area contributed by atoms with Crippen molar-refractivity contribution in [2.75, 3.05) is 7.11 Å². The van der Waals surface area contributed by atoms with E-state index in [2.05, 4.69) is 0 Å². The van der Waals surface area contributed by atoms with E-state index in [1.807, 2.05) is 16.8 Å². The molecule has 1 aliphatic rings. The average Bonchev–Trinajstić information content (AvgIpc) is 2.81. The summed E-state index contributed by atoms with van der Waals surface area (Å²) < 4.78 is 4.71. The van der Waals surface area contributed by atoms with Crippen LogP contribution in [0.4, 0.5) is 0 Å². The molecule has 0 aliphatic heterocycles. The Kier molecular flexibility index (Phi) is 3.19. The fourth-order valence-electron chi connectivity index (χ4n) is 1.93. The highest BCUT2D eigenvalue weighted by atomic mass is 32.1. The molecular formula is C12H12O3S. The van der Waals surface area contributed by atoms with Crippen molar-refractivity contribution in [1.29, 1.82) is 0 Å². The van der Waals surface area contributed by atoms with Crippen LogP contribution in [-0.4, -0.2) is 18.9 Å². The largest absolute Gasteiger partial charge is 0.466 e. The molecule has 0 spiro atoms. The maximum Gasteiger partial charge on any atom is 0.334 e. The lowest BCUT2D eigenvalue weighted by Crippen LogP contribution is -2.19. The van der Waals surface area contributed by atoms with Gasteiger partial charge < -0.3 is 4.74 Å². The van der Waals surface area contributed by atoms with E-state index in [1.54, 1.807) is 11.3 Å². The summed E-state index contributed by atoms with van der Waals surface area (Å²) in [5, 5.41) is 3.98. The smallest absolute Gasteiger partial charge is 0.334 e. The molecule has 4 heteroatoms. The molecule has 1 unspecified atom stereocenters. The van der Waals surface area contributed by atoms with Gasteiger partial charge in [-0.2, -0.15) is 11.3 Å². The Bertz CT molecular complexity index is 431. The lowest BCUT2D eigenvalue weighted by molar-refractivity contribution is -0.137. The van der Waals surface area contributed by atoms with E-state index in [0.29, 0.717) is 18.4 Å². The molecule has 0 N–H and O–H groups in total. The van der Waals surface area contributed by atoms with Gasteiger partial charge in [0.15, 0.2) is 5.78 Å². The topological polar surface area (TPSA) is 43.4 Å². The predicted octanol–water partition coefficient (Wildman–Crippen LogP) is 2.29. The Morgan fingerprint density at radius 2 is 2.38 bits per heavy atom. The number of rotatable bonds is 2. The number of carbonyl (C=O) groups is 2. The maximum absolute atomic E-state index is 11.6. The van der Waals surface area contributed by atoms with Crippen LogP contribution >= 0.6 is 11.3 Å². The molecule has 1 aromatic heterocycles. The third-order valence-corrected chi connectivity index (χ3v) is 3.44. The van der Waals surface area contributed by atoms with Crippen LogP contribution in [-0.2, 0) is 14.3 Å². The minimum absolute atomic E-state index is 0.00637. The number of thiophene rings is 1. The van der Waals surface area contributed by atoms with E-state index in [4.69, 9.17) is 4.74 Å². The SMILES string of the molecule is COC(=O)C1=CC(=O)CCC1c1ccsc1. The summed E-state index contributed by atoms with van der Waals surface area (Å²) in [5.41, 5.74) is 1.58. The van der Waals surface area contributed by atoms with Gasteiger partial charge in [0.25, 0.3) is 0 Å². The van der Waals surface area contributed by atoms with Crippen molar-refractivity contribution in [3.63, 3.8) is 0 Å². The second-order valence-electron chi connectivity index (χ2n) is 3.71. The molecule has 16 heavy (non-hydrogen) atoms. The molecule has 1 aliphatic carbocycles. The number of esters is 1. The molecule has 0 aromatic carbocycles. The number of allylic oxidation sites excluding steroid dienone is 1. The summed E-state index contributed by atoms with van der Waals surface area (Å²) in [7, 11) is 1.34. The number of hydrogen-bond donors (Lipinski definition) is 0. The summed E-state index contributed by atoms with van der Waals surface area (Å²) in [6.45, 7) is 0. The molecule has 2 rings (SSSR count). The Balaban J connectivity index is 2.34. The summed E-state index contributed by atoms with van der Waals surface area (Å²) >= 11 is 1.59. The van der Waals surface area contributed by atoms with E-state index >= 15 is 0 Å². The van der Waals surface area contributed by atoms with Crippen molar-refractivity contribution in [1.82, 2.24) is 0 Å². The van der Waals surface area contributed by atoms with Crippen LogP contribution in [0.3, 0.4) is 0 Å². The zero-order chi connectivity index (χ0) is 11.5. The first kappa shape index (κ1) is 11.1. The number of ketones is 1. The van der Waals surface area contributed by atoms with Gasteiger partial charge in [-0.3, -0.25) is 4.79 Å². The number of hydrogen-bond acceptors (Lipinski definition) is 4. The molecule has 1 aromatic rings. The van der Waals surface area contributed by atoms with Gasteiger partial charge in [0.05, 0.1) is 7.11 Å². The van der Waals surface area contributed by atoms with Gasteiger partial charge >= 0.3 is 5.97 Å². The third kappa shape index (κ3) is 2.07. The quantitative estimate of drug-likeness (QED) is 0.740. The number of carbonyl (C=O) groups excluding carboxylic acids is 2. The van der Waals surface area contributed by atoms with Crippen LogP contribution in [0.2, 0.25) is 0 Å². The molecule has 1 heterocycles. The molecule has 0 radical (unpaired) electrons. The Morgan fingerprint density at radius 3 is 3.00 bits per heavy atom. The molecule has 84 valence electrons. The highest BCUT2D eigenvalue weighted by Crippen LogP contribution is 2.34. The fraction of sp³-hybridized carbons (Fsp3) is 0.333. The van der Waals surface area contributed by atoms with Gasteiger partial charge in [-0.15, -0.1) is 0 Å². The van der Waals surface area contributed by atoms with Crippen molar-refractivity contribution in [3.8, 4) is 0 Å². The molecule has 0 fully saturated rings. The number of methoxy groups -OCH3 is 1. The van der Waals surface area contributed by atoms with Gasteiger partial charge in [-0.05, 0) is 34.9 Å². The summed E-state index contributed by atoms with van der Waals surface area (Å²) in [5.74, 6) is -0.382. The van der Waals surface area contributed by atoms with Crippen LogP contribution in [0.25, 0.3) is 0 Å². The highest BCUT2D eigenvalue weighted by molar-refractivity contribution is 7.08. The van der Waals surface area contributed by atoms with Crippen molar-refractivity contribution in [3.05, 3.63) is 34.0 Å². The first-order valence-electron chi connectivity index (χ1n) is 5.07. The van der Waals surface area contributed by atoms with E-state index in [-0.39, 0.29) is 11.7 Å². The highest BCUT2D eigenvalue weighted by Gasteiger charge is 2.28. The van der Waals surface area contributed by atoms with Gasteiger partial charge in [-0.25, -0.2) is 4.79 Å². The maximum atomic E-state index is 11.6. The van der Waals surface area contributed by atoms with E-state index in [9.17, 15) is 9.59 Å². The van der Waals surface area contributed by atoms with Crippen LogP contribution in [0, 0.1) is 0 Å². The first-order valence-corrected chi connectivity index (χ1v) is 6.01. The molecule has 0 saturated heterocycles. The van der Waals surface area contributed by atoms with Gasteiger partial charge in [-0.1, -0.05) is 0 Å². The van der Waals surface area contributed by atoms with Crippen LogP contribution < -0.4 is 0 Å². The first-order chi connectivity index (χ1) is 7.72. The van der Waals surface area contributed by atoms with Gasteiger partial charge in [0.1, 0.15) is 0 Å². The van der Waals surface area contributed by atoms with Gasteiger partial charge in [0.2, 0.25) is 0 Å². The summed E-state index contributed by atoms with van der Waals surface area (Å²) in [4.78, 5) is 22.9. The van der Waals surface area contributed by atoms with Crippen molar-refractivity contribution < 1.29 is 14.3 Å². The van der Waals surface area contributed by atoms with Crippen LogP contribution in [0.1, 0.15) is 24.3 Å². The zero-order valence-electron chi connectivity index (χ0n) is 8.93. The predicted molar refractivity (Wildman–Crippen MR) is 61.4 cm³/mol. The summed E-state index contributed by atoms with van der Waals surface area (Å²) in [6.07, 6.45) is 2.62. The van der Waals surface area contributed by atoms with Crippen LogP contribution in [0.5, 0.6) is 0 Å². The Morgan fingerprint density at radius 1 is 1.56 bits per heavy atom. The molecular weight excluding hydrogens is 224 g/mol. The van der Waals surface area contributed by atoms with E-state index in [0.717, 1.165) is 5.56 Å². The van der Waals surface area contributed by atoms with Crippen molar-refractivity contribution in [2.24, 2.45) is 0 Å². The third-order valence-electron chi connectivity index (χ3n) is 2.74. The fourth-order valence-corrected chi connectivity index (χ4v) is 2.64. The summed E-state index contributed by atoms with van der Waals surface area (Å²) in [6, 6.07) is 1.99. The minimum atomic E-state index is -0.399. The normalized spacial score (nSPS) is 20.4. The van der Waals surface area contributed by atoms with Crippen molar-refractivity contribution >= 4 is 23.1 Å². The monoisotopic (exact) mass is 236 g/mol. The molecule has 0 bridgehead atoms. The second-order valence-corrected chi connectivity index (χ2v) is 4.49. The standard InChI is InChI=1S/C12H12O3S/c1-15-12(14)11-6-9(13)2-3-10(11)8-4-5-16-7-8/h4-7,10H,2-3H2,1H3. The second kappa shape index (κ2) is 4.61.